The van der Waals surface area contributed by atoms with Crippen LogP contribution in [0.2, 0.25) is 0 Å². The Morgan fingerprint density at radius 2 is 1.62 bits per heavy atom. The molecule has 2 aromatic rings. The zero-order chi connectivity index (χ0) is 25.8. The number of rotatable bonds is 7. The van der Waals surface area contributed by atoms with E-state index in [1.807, 2.05) is 18.3 Å². The molecule has 1 N–H and O–H groups in total. The van der Waals surface area contributed by atoms with E-state index in [-0.39, 0.29) is 18.4 Å². The molecule has 0 spiro atoms. The molecule has 0 amide bonds. The van der Waals surface area contributed by atoms with Crippen LogP contribution in [0.5, 0.6) is 17.2 Å². The molecule has 1 aromatic heterocycles. The van der Waals surface area contributed by atoms with E-state index in [0.29, 0.717) is 17.2 Å². The standard InChI is InChI=1S/C28H32F3N3O3/c1-35-23-8-19(9-24(36-2)25(23)37-15-21-4-3-20(13-32-21)28(29,30)31)22-14-33-26(34-22)27-10-16-5-17(11-27)7-18(6-16)12-27/h3,8-9,13-14,16-18,21H,4-7,10-12,15H2,1-2H3,(H,33,34). The van der Waals surface area contributed by atoms with Crippen molar-refractivity contribution in [3.05, 3.63) is 35.8 Å². The molecule has 4 aliphatic carbocycles. The molecule has 37 heavy (non-hydrogen) atoms. The van der Waals surface area contributed by atoms with Gasteiger partial charge in [0.2, 0.25) is 5.75 Å². The lowest BCUT2D eigenvalue weighted by molar-refractivity contribution is -0.0861. The van der Waals surface area contributed by atoms with Gasteiger partial charge in [-0.1, -0.05) is 6.08 Å². The number of aromatic nitrogens is 2. The highest BCUT2D eigenvalue weighted by Crippen LogP contribution is 2.60. The molecule has 1 aromatic carbocycles. The number of alkyl halides is 3. The molecule has 5 aliphatic rings. The van der Waals surface area contributed by atoms with Crippen LogP contribution in [0.3, 0.4) is 0 Å². The van der Waals surface area contributed by atoms with Crippen molar-refractivity contribution in [2.45, 2.75) is 62.6 Å². The molecule has 7 rings (SSSR count). The maximum Gasteiger partial charge on any atom is 0.417 e. The first-order valence-electron chi connectivity index (χ1n) is 13.0. The SMILES string of the molecule is COc1cc(-c2cnc(C34CC5CC(CC(C5)C3)C4)[nH]2)cc(OC)c1OCC1CC=C(C(F)(F)F)C=N1. The lowest BCUT2D eigenvalue weighted by atomic mass is 9.49. The van der Waals surface area contributed by atoms with Crippen molar-refractivity contribution in [1.82, 2.24) is 9.97 Å². The quantitative estimate of drug-likeness (QED) is 0.472. The first-order chi connectivity index (χ1) is 17.8. The van der Waals surface area contributed by atoms with Crippen LogP contribution in [0.4, 0.5) is 13.2 Å². The summed E-state index contributed by atoms with van der Waals surface area (Å²) in [4.78, 5) is 12.5. The Bertz CT molecular complexity index is 1170. The van der Waals surface area contributed by atoms with Crippen molar-refractivity contribution in [2.24, 2.45) is 22.7 Å². The Morgan fingerprint density at radius 1 is 1.00 bits per heavy atom. The Labute approximate surface area is 214 Å². The highest BCUT2D eigenvalue weighted by atomic mass is 19.4. The number of benzene rings is 1. The van der Waals surface area contributed by atoms with Crippen LogP contribution in [0.15, 0.2) is 35.0 Å². The Hall–Kier alpha value is -2.97. The Balaban J connectivity index is 1.21. The van der Waals surface area contributed by atoms with Crippen molar-refractivity contribution >= 4 is 6.21 Å². The van der Waals surface area contributed by atoms with E-state index < -0.39 is 17.8 Å². The minimum Gasteiger partial charge on any atom is -0.493 e. The predicted molar refractivity (Wildman–Crippen MR) is 134 cm³/mol. The number of nitrogens with one attached hydrogen (secondary N) is 1. The molecule has 2 heterocycles. The van der Waals surface area contributed by atoms with Crippen molar-refractivity contribution < 1.29 is 27.4 Å². The first-order valence-corrected chi connectivity index (χ1v) is 13.0. The normalized spacial score (nSPS) is 30.4. The number of methoxy groups -OCH3 is 2. The van der Waals surface area contributed by atoms with Gasteiger partial charge in [0, 0.05) is 17.2 Å². The smallest absolute Gasteiger partial charge is 0.417 e. The van der Waals surface area contributed by atoms with Gasteiger partial charge in [-0.05, 0) is 74.8 Å². The maximum absolute atomic E-state index is 12.9. The van der Waals surface area contributed by atoms with Crippen LogP contribution < -0.4 is 14.2 Å². The monoisotopic (exact) mass is 515 g/mol. The summed E-state index contributed by atoms with van der Waals surface area (Å²) in [5, 5.41) is 0. The molecule has 4 saturated carbocycles. The second-order valence-electron chi connectivity index (χ2n) is 11.2. The minimum absolute atomic E-state index is 0.102. The molecule has 9 heteroatoms. The average Bonchev–Trinajstić information content (AvgIpc) is 3.37. The molecule has 198 valence electrons. The van der Waals surface area contributed by atoms with E-state index in [0.717, 1.165) is 47.1 Å². The van der Waals surface area contributed by atoms with Crippen molar-refractivity contribution in [1.29, 1.82) is 0 Å². The zero-order valence-electron chi connectivity index (χ0n) is 21.1. The fraction of sp³-hybridized carbons (Fsp3) is 0.571. The minimum atomic E-state index is -4.39. The summed E-state index contributed by atoms with van der Waals surface area (Å²) in [5.74, 6) is 4.95. The molecule has 1 atom stereocenters. The molecule has 0 saturated heterocycles. The predicted octanol–water partition coefficient (Wildman–Crippen LogP) is 6.27. The van der Waals surface area contributed by atoms with Crippen molar-refractivity contribution in [3.63, 3.8) is 0 Å². The van der Waals surface area contributed by atoms with Gasteiger partial charge in [0.25, 0.3) is 0 Å². The number of ether oxygens (including phenoxy) is 3. The van der Waals surface area contributed by atoms with Gasteiger partial charge >= 0.3 is 6.18 Å². The van der Waals surface area contributed by atoms with E-state index >= 15 is 0 Å². The van der Waals surface area contributed by atoms with E-state index in [4.69, 9.17) is 19.2 Å². The van der Waals surface area contributed by atoms with Gasteiger partial charge in [-0.15, -0.1) is 0 Å². The molecule has 4 fully saturated rings. The maximum atomic E-state index is 12.9. The Kier molecular flexibility index (Phi) is 5.99. The first kappa shape index (κ1) is 24.4. The number of aromatic amines is 1. The number of imidazole rings is 1. The second kappa shape index (κ2) is 9.10. The highest BCUT2D eigenvalue weighted by Gasteiger charge is 2.53. The molecule has 0 radical (unpaired) electrons. The topological polar surface area (TPSA) is 68.7 Å². The van der Waals surface area contributed by atoms with Crippen LogP contribution in [-0.2, 0) is 5.41 Å². The fourth-order valence-electron chi connectivity index (χ4n) is 7.36. The molecule has 1 aliphatic heterocycles. The lowest BCUT2D eigenvalue weighted by Gasteiger charge is -2.56. The summed E-state index contributed by atoms with van der Waals surface area (Å²) in [7, 11) is 3.10. The highest BCUT2D eigenvalue weighted by molar-refractivity contribution is 5.81. The number of nitrogens with zero attached hydrogens (tertiary/aromatic N) is 2. The van der Waals surface area contributed by atoms with Crippen molar-refractivity contribution in [3.8, 4) is 28.5 Å². The van der Waals surface area contributed by atoms with E-state index in [1.54, 1.807) is 14.2 Å². The van der Waals surface area contributed by atoms with Crippen LogP contribution in [-0.4, -0.2) is 49.2 Å². The van der Waals surface area contributed by atoms with Gasteiger partial charge in [0.15, 0.2) is 11.5 Å². The van der Waals surface area contributed by atoms with Crippen LogP contribution in [0.25, 0.3) is 11.3 Å². The number of hydrogen-bond donors (Lipinski definition) is 1. The molecular weight excluding hydrogens is 483 g/mol. The van der Waals surface area contributed by atoms with Gasteiger partial charge < -0.3 is 19.2 Å². The molecule has 6 nitrogen and oxygen atoms in total. The summed E-state index contributed by atoms with van der Waals surface area (Å²) >= 11 is 0. The van der Waals surface area contributed by atoms with E-state index in [9.17, 15) is 13.2 Å². The van der Waals surface area contributed by atoms with Gasteiger partial charge in [0.1, 0.15) is 12.4 Å². The van der Waals surface area contributed by atoms with Gasteiger partial charge in [-0.25, -0.2) is 4.98 Å². The summed E-state index contributed by atoms with van der Waals surface area (Å²) in [6.45, 7) is 0.102. The number of hydrogen-bond acceptors (Lipinski definition) is 5. The Morgan fingerprint density at radius 3 is 2.14 bits per heavy atom. The number of aliphatic imine (C=N–C) groups is 1. The van der Waals surface area contributed by atoms with Gasteiger partial charge in [-0.2, -0.15) is 13.2 Å². The molecule has 4 bridgehead atoms. The summed E-state index contributed by atoms with van der Waals surface area (Å²) in [6, 6.07) is 3.33. The average molecular weight is 516 g/mol. The third-order valence-corrected chi connectivity index (χ3v) is 8.67. The molecule has 1 unspecified atom stereocenters. The third-order valence-electron chi connectivity index (χ3n) is 8.67. The largest absolute Gasteiger partial charge is 0.493 e. The zero-order valence-corrected chi connectivity index (χ0v) is 21.1. The summed E-state index contributed by atoms with van der Waals surface area (Å²) < 4.78 is 55.8. The van der Waals surface area contributed by atoms with Crippen molar-refractivity contribution in [2.75, 3.05) is 20.8 Å². The summed E-state index contributed by atoms with van der Waals surface area (Å²) in [5.41, 5.74) is 1.22. The van der Waals surface area contributed by atoms with Crippen LogP contribution in [0.1, 0.15) is 50.8 Å². The second-order valence-corrected chi connectivity index (χ2v) is 11.2. The molecular formula is C28H32F3N3O3. The van der Waals surface area contributed by atoms with Gasteiger partial charge in [-0.3, -0.25) is 4.99 Å². The van der Waals surface area contributed by atoms with Gasteiger partial charge in [0.05, 0.1) is 37.7 Å². The fourth-order valence-corrected chi connectivity index (χ4v) is 7.36. The summed E-state index contributed by atoms with van der Waals surface area (Å²) in [6.07, 6.45) is 7.52. The lowest BCUT2D eigenvalue weighted by Crippen LogP contribution is -2.49. The number of halogens is 3. The number of dihydropyridines is 1. The van der Waals surface area contributed by atoms with E-state index in [2.05, 4.69) is 9.98 Å². The third kappa shape index (κ3) is 4.50. The number of allylic oxidation sites excluding steroid dienone is 1. The van der Waals surface area contributed by atoms with Crippen LogP contribution >= 0.6 is 0 Å². The van der Waals surface area contributed by atoms with Crippen LogP contribution in [0, 0.1) is 17.8 Å². The van der Waals surface area contributed by atoms with E-state index in [1.165, 1.54) is 38.5 Å². The number of H-pyrrole nitrogens is 1.